The number of amides is 1. The van der Waals surface area contributed by atoms with E-state index in [1.165, 1.54) is 22.8 Å². The van der Waals surface area contributed by atoms with Gasteiger partial charge in [-0.25, -0.2) is 8.42 Å². The Balaban J connectivity index is 1.46. The zero-order chi connectivity index (χ0) is 23.4. The number of pyridine rings is 1. The Labute approximate surface area is 198 Å². The van der Waals surface area contributed by atoms with Crippen molar-refractivity contribution in [2.75, 3.05) is 5.75 Å². The highest BCUT2D eigenvalue weighted by Crippen LogP contribution is 2.28. The second-order valence-electron chi connectivity index (χ2n) is 8.32. The number of aromatic nitrogens is 1. The van der Waals surface area contributed by atoms with Gasteiger partial charge in [0.25, 0.3) is 11.5 Å². The van der Waals surface area contributed by atoms with Crippen molar-refractivity contribution in [2.45, 2.75) is 36.6 Å². The number of carbonyl (C=O) groups excluding carboxylic acids is 1. The summed E-state index contributed by atoms with van der Waals surface area (Å²) in [6, 6.07) is 17.7. The summed E-state index contributed by atoms with van der Waals surface area (Å²) in [5.41, 5.74) is 0.982. The van der Waals surface area contributed by atoms with Crippen molar-refractivity contribution >= 4 is 27.3 Å². The predicted octanol–water partition coefficient (Wildman–Crippen LogP) is 4.25. The van der Waals surface area contributed by atoms with E-state index in [-0.39, 0.29) is 34.1 Å². The van der Waals surface area contributed by atoms with E-state index in [9.17, 15) is 18.0 Å². The van der Waals surface area contributed by atoms with Crippen LogP contribution in [0.25, 0.3) is 5.69 Å². The molecule has 1 aliphatic rings. The molecule has 4 rings (SSSR count). The van der Waals surface area contributed by atoms with Gasteiger partial charge in [-0.2, -0.15) is 0 Å². The molecule has 1 N–H and O–H groups in total. The van der Waals surface area contributed by atoms with Gasteiger partial charge in [0.2, 0.25) is 0 Å². The molecule has 33 heavy (non-hydrogen) atoms. The summed E-state index contributed by atoms with van der Waals surface area (Å²) < 4.78 is 27.4. The SMILES string of the molecule is O=C(NC1CCCCC1CS(=O)(=O)c1ccc(Cl)cc1)c1ccc(-n2ccccc2=O)cc1. The molecule has 8 heteroatoms. The fraction of sp³-hybridized carbons (Fsp3) is 0.280. The van der Waals surface area contributed by atoms with Crippen molar-refractivity contribution in [1.29, 1.82) is 0 Å². The number of rotatable bonds is 6. The van der Waals surface area contributed by atoms with Gasteiger partial charge in [0.05, 0.1) is 10.6 Å². The molecule has 6 nitrogen and oxygen atoms in total. The molecule has 2 aromatic carbocycles. The van der Waals surface area contributed by atoms with Crippen LogP contribution in [0.1, 0.15) is 36.0 Å². The van der Waals surface area contributed by atoms with Crippen LogP contribution in [-0.2, 0) is 9.84 Å². The van der Waals surface area contributed by atoms with Crippen molar-refractivity contribution in [1.82, 2.24) is 9.88 Å². The quantitative estimate of drug-likeness (QED) is 0.566. The smallest absolute Gasteiger partial charge is 0.255 e. The molecule has 1 aliphatic carbocycles. The molecular weight excluding hydrogens is 460 g/mol. The minimum atomic E-state index is -3.49. The highest BCUT2D eigenvalue weighted by Gasteiger charge is 2.31. The summed E-state index contributed by atoms with van der Waals surface area (Å²) in [4.78, 5) is 25.1. The van der Waals surface area contributed by atoms with Crippen LogP contribution < -0.4 is 10.9 Å². The number of sulfone groups is 1. The Morgan fingerprint density at radius 3 is 2.36 bits per heavy atom. The van der Waals surface area contributed by atoms with E-state index in [0.29, 0.717) is 16.3 Å². The lowest BCUT2D eigenvalue weighted by atomic mass is 9.85. The van der Waals surface area contributed by atoms with Crippen molar-refractivity contribution in [2.24, 2.45) is 5.92 Å². The first-order valence-corrected chi connectivity index (χ1v) is 12.9. The van der Waals surface area contributed by atoms with E-state index in [0.717, 1.165) is 25.7 Å². The molecule has 0 bridgehead atoms. The van der Waals surface area contributed by atoms with Gasteiger partial charge in [0, 0.05) is 34.6 Å². The van der Waals surface area contributed by atoms with Gasteiger partial charge in [-0.3, -0.25) is 14.2 Å². The predicted molar refractivity (Wildman–Crippen MR) is 129 cm³/mol. The molecule has 1 amide bonds. The van der Waals surface area contributed by atoms with Crippen LogP contribution in [0.4, 0.5) is 0 Å². The Kier molecular flexibility index (Phi) is 7.00. The van der Waals surface area contributed by atoms with Crippen LogP contribution in [0, 0.1) is 5.92 Å². The van der Waals surface area contributed by atoms with Crippen LogP contribution in [-0.4, -0.2) is 30.7 Å². The van der Waals surface area contributed by atoms with Crippen molar-refractivity contribution in [3.63, 3.8) is 0 Å². The average Bonchev–Trinajstić information content (AvgIpc) is 2.81. The van der Waals surface area contributed by atoms with Gasteiger partial charge in [0.15, 0.2) is 9.84 Å². The maximum Gasteiger partial charge on any atom is 0.255 e. The van der Waals surface area contributed by atoms with Crippen LogP contribution in [0.5, 0.6) is 0 Å². The molecule has 1 heterocycles. The third kappa shape index (κ3) is 5.54. The van der Waals surface area contributed by atoms with Crippen LogP contribution in [0.2, 0.25) is 5.02 Å². The fourth-order valence-corrected chi connectivity index (χ4v) is 6.11. The van der Waals surface area contributed by atoms with Crippen LogP contribution >= 0.6 is 11.6 Å². The molecule has 2 atom stereocenters. The molecule has 1 aromatic heterocycles. The summed E-state index contributed by atoms with van der Waals surface area (Å²) in [6.45, 7) is 0. The minimum absolute atomic E-state index is 0.0184. The number of halogens is 1. The first-order chi connectivity index (χ1) is 15.8. The zero-order valence-corrected chi connectivity index (χ0v) is 19.6. The molecule has 0 saturated heterocycles. The van der Waals surface area contributed by atoms with E-state index in [2.05, 4.69) is 5.32 Å². The normalized spacial score (nSPS) is 18.6. The van der Waals surface area contributed by atoms with E-state index >= 15 is 0 Å². The van der Waals surface area contributed by atoms with Crippen LogP contribution in [0.15, 0.2) is 82.6 Å². The highest BCUT2D eigenvalue weighted by molar-refractivity contribution is 7.91. The highest BCUT2D eigenvalue weighted by atomic mass is 35.5. The molecule has 2 unspecified atom stereocenters. The first-order valence-electron chi connectivity index (χ1n) is 10.9. The lowest BCUT2D eigenvalue weighted by Gasteiger charge is -2.32. The Bertz CT molecular complexity index is 1280. The number of hydrogen-bond donors (Lipinski definition) is 1. The first kappa shape index (κ1) is 23.3. The average molecular weight is 485 g/mol. The van der Waals surface area contributed by atoms with Crippen molar-refractivity contribution in [3.8, 4) is 5.69 Å². The monoisotopic (exact) mass is 484 g/mol. The molecule has 3 aromatic rings. The molecule has 0 aliphatic heterocycles. The van der Waals surface area contributed by atoms with Gasteiger partial charge in [-0.05, 0) is 73.4 Å². The molecule has 0 spiro atoms. The number of hydrogen-bond acceptors (Lipinski definition) is 4. The summed E-state index contributed by atoms with van der Waals surface area (Å²) in [7, 11) is -3.49. The van der Waals surface area contributed by atoms with Gasteiger partial charge in [0.1, 0.15) is 0 Å². The van der Waals surface area contributed by atoms with E-state index in [4.69, 9.17) is 11.6 Å². The summed E-state index contributed by atoms with van der Waals surface area (Å²) in [5, 5.41) is 3.53. The topological polar surface area (TPSA) is 85.2 Å². The van der Waals surface area contributed by atoms with Crippen LogP contribution in [0.3, 0.4) is 0 Å². The third-order valence-electron chi connectivity index (χ3n) is 6.06. The number of benzene rings is 2. The lowest BCUT2D eigenvalue weighted by Crippen LogP contribution is -2.44. The Morgan fingerprint density at radius 1 is 0.970 bits per heavy atom. The second kappa shape index (κ2) is 9.93. The fourth-order valence-electron chi connectivity index (χ4n) is 4.28. The Morgan fingerprint density at radius 2 is 1.67 bits per heavy atom. The number of nitrogens with zero attached hydrogens (tertiary/aromatic N) is 1. The number of carbonyl (C=O) groups is 1. The number of nitrogens with one attached hydrogen (secondary N) is 1. The molecular formula is C25H25ClN2O4S. The van der Waals surface area contributed by atoms with Gasteiger partial charge >= 0.3 is 0 Å². The third-order valence-corrected chi connectivity index (χ3v) is 8.17. The van der Waals surface area contributed by atoms with Crippen molar-refractivity contribution in [3.05, 3.63) is 93.9 Å². The second-order valence-corrected chi connectivity index (χ2v) is 10.8. The van der Waals surface area contributed by atoms with E-state index < -0.39 is 9.84 Å². The van der Waals surface area contributed by atoms with E-state index in [1.54, 1.807) is 54.7 Å². The van der Waals surface area contributed by atoms with Gasteiger partial charge < -0.3 is 5.32 Å². The molecule has 172 valence electrons. The summed E-state index contributed by atoms with van der Waals surface area (Å²) in [6.07, 6.45) is 5.04. The largest absolute Gasteiger partial charge is 0.349 e. The molecule has 1 saturated carbocycles. The molecule has 0 radical (unpaired) electrons. The van der Waals surface area contributed by atoms with Gasteiger partial charge in [-0.1, -0.05) is 30.5 Å². The summed E-state index contributed by atoms with van der Waals surface area (Å²) in [5.74, 6) is -0.427. The zero-order valence-electron chi connectivity index (χ0n) is 18.0. The van der Waals surface area contributed by atoms with E-state index in [1.807, 2.05) is 0 Å². The molecule has 1 fully saturated rings. The van der Waals surface area contributed by atoms with Gasteiger partial charge in [-0.15, -0.1) is 0 Å². The maximum atomic E-state index is 12.9. The lowest BCUT2D eigenvalue weighted by molar-refractivity contribution is 0.0911. The minimum Gasteiger partial charge on any atom is -0.349 e. The maximum absolute atomic E-state index is 12.9. The Hall–Kier alpha value is -2.90. The standard InChI is InChI=1S/C25H25ClN2O4S/c26-20-10-14-22(15-11-20)33(31,32)17-19-5-1-2-6-23(19)27-25(30)18-8-12-21(13-9-18)28-16-4-3-7-24(28)29/h3-4,7-16,19,23H,1-2,5-6,17H2,(H,27,30). The summed E-state index contributed by atoms with van der Waals surface area (Å²) >= 11 is 5.89. The van der Waals surface area contributed by atoms with Crippen molar-refractivity contribution < 1.29 is 13.2 Å².